The first-order valence-corrected chi connectivity index (χ1v) is 12.3. The number of hydrogen-bond donors (Lipinski definition) is 0. The maximum absolute atomic E-state index is 12.3. The van der Waals surface area contributed by atoms with Crippen LogP contribution in [0.5, 0.6) is 0 Å². The number of fused-ring (bicyclic) bond motifs is 2. The number of carbonyl (C=O) groups is 1. The Hall–Kier alpha value is -0.990. The van der Waals surface area contributed by atoms with Gasteiger partial charge in [-0.3, -0.25) is 0 Å². The molecule has 1 aliphatic carbocycles. The number of esters is 1. The molecule has 4 saturated heterocycles. The van der Waals surface area contributed by atoms with Crippen LogP contribution >= 0.6 is 15.9 Å². The lowest BCUT2D eigenvalue weighted by Crippen LogP contribution is -2.69. The summed E-state index contributed by atoms with van der Waals surface area (Å²) < 4.78 is 19.2. The lowest BCUT2D eigenvalue weighted by Gasteiger charge is -2.59. The number of halogens is 1. The topological polar surface area (TPSA) is 63.2 Å². The minimum absolute atomic E-state index is 0.0492. The summed E-state index contributed by atoms with van der Waals surface area (Å²) in [6.45, 7) is 4.58. The van der Waals surface area contributed by atoms with Gasteiger partial charge in [-0.2, -0.15) is 0 Å². The fourth-order valence-electron chi connectivity index (χ4n) is 6.11. The van der Waals surface area contributed by atoms with E-state index in [4.69, 9.17) is 24.0 Å². The predicted octanol–water partition coefficient (Wildman–Crippen LogP) is 5.39. The van der Waals surface area contributed by atoms with Gasteiger partial charge >= 0.3 is 5.97 Å². The summed E-state index contributed by atoms with van der Waals surface area (Å²) in [5.41, 5.74) is 0.0595. The Morgan fingerprint density at radius 3 is 2.90 bits per heavy atom. The molecular formula is C24H31BrO6. The first-order valence-electron chi connectivity index (χ1n) is 11.5. The third-order valence-electron chi connectivity index (χ3n) is 7.80. The molecule has 7 heteroatoms. The zero-order valence-electron chi connectivity index (χ0n) is 18.2. The number of carbonyl (C=O) groups excluding carboxylic acids is 1. The highest BCUT2D eigenvalue weighted by Crippen LogP contribution is 2.59. The Morgan fingerprint density at radius 2 is 2.06 bits per heavy atom. The van der Waals surface area contributed by atoms with Gasteiger partial charge < -0.3 is 14.2 Å². The Balaban J connectivity index is 1.23. The van der Waals surface area contributed by atoms with Gasteiger partial charge in [0.25, 0.3) is 0 Å². The normalized spacial score (nSPS) is 41.3. The quantitative estimate of drug-likeness (QED) is 0.310. The molecule has 1 aromatic rings. The number of rotatable bonds is 5. The summed E-state index contributed by atoms with van der Waals surface area (Å²) in [5, 5.41) is 0. The van der Waals surface area contributed by atoms with Gasteiger partial charge in [-0.25, -0.2) is 14.6 Å². The zero-order valence-corrected chi connectivity index (χ0v) is 19.8. The highest BCUT2D eigenvalue weighted by Gasteiger charge is 2.67. The summed E-state index contributed by atoms with van der Waals surface area (Å²) in [6.07, 6.45) is 6.56. The van der Waals surface area contributed by atoms with Gasteiger partial charge in [-0.15, -0.1) is 0 Å². The minimum atomic E-state index is -0.735. The highest BCUT2D eigenvalue weighted by molar-refractivity contribution is 9.10. The van der Waals surface area contributed by atoms with E-state index in [1.165, 1.54) is 6.42 Å². The zero-order chi connectivity index (χ0) is 21.6. The molecule has 2 bridgehead atoms. The molecule has 5 fully saturated rings. The van der Waals surface area contributed by atoms with Crippen molar-refractivity contribution < 1.29 is 28.8 Å². The van der Waals surface area contributed by atoms with Gasteiger partial charge in [-0.1, -0.05) is 25.5 Å². The van der Waals surface area contributed by atoms with Gasteiger partial charge in [0.2, 0.25) is 5.79 Å². The Bertz CT molecular complexity index is 832. The summed E-state index contributed by atoms with van der Waals surface area (Å²) in [5.74, 6) is 0.0473. The van der Waals surface area contributed by atoms with Crippen LogP contribution in [-0.4, -0.2) is 36.4 Å². The number of hydrogen-bond acceptors (Lipinski definition) is 6. The standard InChI is InChI=1S/C24H31BrO6/c1-15-18-9-5-7-16-12-13-23(2)29-22(24(16,18)31-30-23)28-20(15)11-6-14-27-21(26)17-8-3-4-10-19(17)25/h3-4,8,10,15-16,18,20,22H,5-7,9,11-14H2,1-2H3/t15-,16-,18+,20-,22?,23+,24-/m1/s1. The van der Waals surface area contributed by atoms with E-state index in [0.717, 1.165) is 43.0 Å². The Morgan fingerprint density at radius 1 is 1.23 bits per heavy atom. The van der Waals surface area contributed by atoms with Crippen LogP contribution in [0.3, 0.4) is 0 Å². The van der Waals surface area contributed by atoms with Gasteiger partial charge in [0.1, 0.15) is 0 Å². The van der Waals surface area contributed by atoms with Crippen molar-refractivity contribution in [1.29, 1.82) is 0 Å². The monoisotopic (exact) mass is 494 g/mol. The molecule has 0 amide bonds. The van der Waals surface area contributed by atoms with E-state index in [2.05, 4.69) is 22.9 Å². The molecule has 4 heterocycles. The molecule has 5 aliphatic rings. The molecule has 31 heavy (non-hydrogen) atoms. The Kier molecular flexibility index (Phi) is 5.93. The first kappa shape index (κ1) is 21.8. The first-order chi connectivity index (χ1) is 14.9. The largest absolute Gasteiger partial charge is 0.462 e. The van der Waals surface area contributed by atoms with Crippen LogP contribution in [0, 0.1) is 17.8 Å². The highest BCUT2D eigenvalue weighted by atomic mass is 79.9. The molecule has 0 aromatic heterocycles. The van der Waals surface area contributed by atoms with Crippen molar-refractivity contribution in [3.8, 4) is 0 Å². The van der Waals surface area contributed by atoms with E-state index in [1.807, 2.05) is 25.1 Å². The van der Waals surface area contributed by atoms with Gasteiger partial charge in [-0.05, 0) is 78.9 Å². The van der Waals surface area contributed by atoms with Crippen molar-refractivity contribution in [1.82, 2.24) is 0 Å². The molecule has 0 N–H and O–H groups in total. The summed E-state index contributed by atoms with van der Waals surface area (Å²) in [7, 11) is 0. The fraction of sp³-hybridized carbons (Fsp3) is 0.708. The molecule has 7 atom stereocenters. The van der Waals surface area contributed by atoms with E-state index < -0.39 is 17.7 Å². The van der Waals surface area contributed by atoms with Crippen molar-refractivity contribution in [2.75, 3.05) is 6.61 Å². The maximum atomic E-state index is 12.3. The van der Waals surface area contributed by atoms with E-state index in [1.54, 1.807) is 6.07 Å². The van der Waals surface area contributed by atoms with Gasteiger partial charge in [0.05, 0.1) is 18.3 Å². The van der Waals surface area contributed by atoms with Crippen molar-refractivity contribution >= 4 is 21.9 Å². The number of ether oxygens (including phenoxy) is 3. The second-order valence-corrected chi connectivity index (χ2v) is 10.5. The lowest BCUT2D eigenvalue weighted by molar-refractivity contribution is -0.569. The van der Waals surface area contributed by atoms with Crippen LogP contribution < -0.4 is 0 Å². The molecule has 1 saturated carbocycles. The molecule has 6 nitrogen and oxygen atoms in total. The molecule has 4 aliphatic heterocycles. The van der Waals surface area contributed by atoms with E-state index >= 15 is 0 Å². The van der Waals surface area contributed by atoms with Crippen molar-refractivity contribution in [2.24, 2.45) is 17.8 Å². The van der Waals surface area contributed by atoms with Crippen molar-refractivity contribution in [3.05, 3.63) is 34.3 Å². The van der Waals surface area contributed by atoms with Gasteiger partial charge in [0.15, 0.2) is 11.9 Å². The van der Waals surface area contributed by atoms with E-state index in [0.29, 0.717) is 29.9 Å². The maximum Gasteiger partial charge on any atom is 0.339 e. The second-order valence-electron chi connectivity index (χ2n) is 9.67. The van der Waals surface area contributed by atoms with Crippen LogP contribution in [0.2, 0.25) is 0 Å². The molecule has 1 aromatic carbocycles. The summed E-state index contributed by atoms with van der Waals surface area (Å²) in [6, 6.07) is 7.31. The van der Waals surface area contributed by atoms with Crippen LogP contribution in [0.25, 0.3) is 0 Å². The van der Waals surface area contributed by atoms with E-state index in [-0.39, 0.29) is 12.1 Å². The SMILES string of the molecule is C[C@H]1[C@@H](CCCOC(=O)c2ccccc2Br)OC2O[C@]3(C)CC[C@H]4CCC[C@@H]1[C@@]24OO3. The van der Waals surface area contributed by atoms with Crippen LogP contribution in [-0.2, 0) is 24.0 Å². The average molecular weight is 495 g/mol. The van der Waals surface area contributed by atoms with Crippen LogP contribution in [0.1, 0.15) is 69.2 Å². The molecular weight excluding hydrogens is 464 g/mol. The molecule has 6 rings (SSSR count). The van der Waals surface area contributed by atoms with Crippen molar-refractivity contribution in [2.45, 2.75) is 82.6 Å². The van der Waals surface area contributed by atoms with Gasteiger partial charge in [0, 0.05) is 16.8 Å². The lowest BCUT2D eigenvalue weighted by atomic mass is 9.60. The summed E-state index contributed by atoms with van der Waals surface area (Å²) in [4.78, 5) is 24.3. The van der Waals surface area contributed by atoms with E-state index in [9.17, 15) is 4.79 Å². The smallest absolute Gasteiger partial charge is 0.339 e. The fourth-order valence-corrected chi connectivity index (χ4v) is 6.56. The second kappa shape index (κ2) is 8.41. The Labute approximate surface area is 192 Å². The minimum Gasteiger partial charge on any atom is -0.462 e. The average Bonchev–Trinajstić information content (AvgIpc) is 2.99. The third kappa shape index (κ3) is 3.76. The third-order valence-corrected chi connectivity index (χ3v) is 8.49. The molecule has 1 unspecified atom stereocenters. The van der Waals surface area contributed by atoms with Crippen molar-refractivity contribution in [3.63, 3.8) is 0 Å². The van der Waals surface area contributed by atoms with Crippen LogP contribution in [0.15, 0.2) is 28.7 Å². The molecule has 170 valence electrons. The molecule has 1 spiro atoms. The predicted molar refractivity (Wildman–Crippen MR) is 116 cm³/mol. The molecule has 0 radical (unpaired) electrons. The summed E-state index contributed by atoms with van der Waals surface area (Å²) >= 11 is 3.40. The van der Waals surface area contributed by atoms with Crippen LogP contribution in [0.4, 0.5) is 0 Å². The number of benzene rings is 1.